The first-order valence-corrected chi connectivity index (χ1v) is 10.5. The third-order valence-corrected chi connectivity index (χ3v) is 5.18. The van der Waals surface area contributed by atoms with Gasteiger partial charge in [0, 0.05) is 12.0 Å². The Morgan fingerprint density at radius 2 is 1.74 bits per heavy atom. The number of benzene rings is 1. The van der Waals surface area contributed by atoms with E-state index in [2.05, 4.69) is 26.6 Å². The predicted octanol–water partition coefficient (Wildman–Crippen LogP) is 1.20. The highest BCUT2D eigenvalue weighted by Gasteiger charge is 2.23. The van der Waals surface area contributed by atoms with Crippen LogP contribution in [0.25, 0.3) is 5.57 Å². The number of rotatable bonds is 11. The number of aromatic nitrogens is 2. The number of H-pyrrole nitrogens is 1. The van der Waals surface area contributed by atoms with Crippen LogP contribution in [0.4, 0.5) is 11.8 Å². The van der Waals surface area contributed by atoms with Gasteiger partial charge in [-0.2, -0.15) is 4.98 Å². The molecule has 2 rings (SSSR count). The minimum absolute atomic E-state index is 0.0267. The normalized spacial score (nSPS) is 11.4. The molecule has 34 heavy (non-hydrogen) atoms. The van der Waals surface area contributed by atoms with Crippen molar-refractivity contribution in [2.24, 2.45) is 0 Å². The van der Waals surface area contributed by atoms with Crippen LogP contribution in [0.1, 0.15) is 47.2 Å². The van der Waals surface area contributed by atoms with E-state index in [-0.39, 0.29) is 30.2 Å². The maximum Gasteiger partial charge on any atom is 0.328 e. The number of methoxy groups -OCH3 is 2. The van der Waals surface area contributed by atoms with Gasteiger partial charge in [-0.3, -0.25) is 19.4 Å². The smallest absolute Gasteiger partial charge is 0.328 e. The maximum atomic E-state index is 12.6. The van der Waals surface area contributed by atoms with Crippen LogP contribution in [0.5, 0.6) is 0 Å². The van der Waals surface area contributed by atoms with Crippen LogP contribution in [0.2, 0.25) is 0 Å². The average molecular weight is 472 g/mol. The summed E-state index contributed by atoms with van der Waals surface area (Å²) >= 11 is 0. The number of nitrogens with zero attached hydrogens (tertiary/aromatic N) is 1. The van der Waals surface area contributed by atoms with Gasteiger partial charge in [0.25, 0.3) is 11.5 Å². The number of anilines is 2. The molecule has 0 spiro atoms. The lowest BCUT2D eigenvalue weighted by molar-refractivity contribution is -0.144. The zero-order valence-corrected chi connectivity index (χ0v) is 19.2. The van der Waals surface area contributed by atoms with Crippen LogP contribution in [-0.2, 0) is 25.5 Å². The van der Waals surface area contributed by atoms with Crippen molar-refractivity contribution in [1.82, 2.24) is 15.3 Å². The number of carbonyl (C=O) groups is 3. The Morgan fingerprint density at radius 1 is 1.09 bits per heavy atom. The SMILES string of the molecule is C=C(CCCc1c(N)nc(N)[nH]c1=O)c1ccc(C(=O)N[C@@H](CCC(=O)OC)C(=O)OC)cc1. The van der Waals surface area contributed by atoms with Gasteiger partial charge in [0.2, 0.25) is 5.95 Å². The van der Waals surface area contributed by atoms with Gasteiger partial charge in [-0.1, -0.05) is 18.7 Å². The molecular weight excluding hydrogens is 442 g/mol. The molecule has 0 fully saturated rings. The number of nitrogen functional groups attached to an aromatic ring is 2. The van der Waals surface area contributed by atoms with E-state index in [0.717, 1.165) is 11.1 Å². The van der Waals surface area contributed by atoms with Gasteiger partial charge < -0.3 is 26.3 Å². The molecule has 1 aromatic carbocycles. The number of esters is 2. The van der Waals surface area contributed by atoms with Crippen molar-refractivity contribution in [2.75, 3.05) is 25.7 Å². The Morgan fingerprint density at radius 3 is 2.32 bits per heavy atom. The first-order valence-electron chi connectivity index (χ1n) is 10.5. The standard InChI is InChI=1S/C23H29N5O6/c1-13(5-4-6-16-19(24)27-23(25)28-21(16)31)14-7-9-15(10-8-14)20(30)26-17(22(32)34-3)11-12-18(29)33-2/h7-10,17H,1,4-6,11-12H2,2-3H3,(H,26,30)(H5,24,25,27,28,31)/t17-/m0/s1. The molecule has 0 aliphatic rings. The monoisotopic (exact) mass is 471 g/mol. The molecular formula is C23H29N5O6. The van der Waals surface area contributed by atoms with E-state index in [9.17, 15) is 19.2 Å². The van der Waals surface area contributed by atoms with Crippen LogP contribution in [0.15, 0.2) is 35.6 Å². The Labute approximate surface area is 196 Å². The average Bonchev–Trinajstić information content (AvgIpc) is 2.82. The van der Waals surface area contributed by atoms with Gasteiger partial charge in [-0.25, -0.2) is 4.79 Å². The van der Waals surface area contributed by atoms with Gasteiger partial charge >= 0.3 is 11.9 Å². The summed E-state index contributed by atoms with van der Waals surface area (Å²) in [7, 11) is 2.45. The lowest BCUT2D eigenvalue weighted by Gasteiger charge is -2.16. The van der Waals surface area contributed by atoms with Crippen LogP contribution in [0, 0.1) is 0 Å². The topological polar surface area (TPSA) is 179 Å². The number of aromatic amines is 1. The second kappa shape index (κ2) is 12.2. The second-order valence-electron chi connectivity index (χ2n) is 7.51. The first-order chi connectivity index (χ1) is 16.2. The van der Waals surface area contributed by atoms with Crippen LogP contribution in [0.3, 0.4) is 0 Å². The van der Waals surface area contributed by atoms with Crippen molar-refractivity contribution in [3.63, 3.8) is 0 Å². The van der Waals surface area contributed by atoms with Crippen LogP contribution in [-0.4, -0.2) is 48.1 Å². The molecule has 6 N–H and O–H groups in total. The van der Waals surface area contributed by atoms with Crippen molar-refractivity contribution in [2.45, 2.75) is 38.1 Å². The van der Waals surface area contributed by atoms with Crippen molar-refractivity contribution >= 4 is 35.2 Å². The molecule has 1 aromatic heterocycles. The maximum absolute atomic E-state index is 12.6. The number of nitrogens with one attached hydrogen (secondary N) is 2. The van der Waals surface area contributed by atoms with E-state index in [1.165, 1.54) is 14.2 Å². The predicted molar refractivity (Wildman–Crippen MR) is 127 cm³/mol. The number of ether oxygens (including phenoxy) is 2. The second-order valence-corrected chi connectivity index (χ2v) is 7.51. The third kappa shape index (κ3) is 7.19. The highest BCUT2D eigenvalue weighted by Crippen LogP contribution is 2.20. The molecule has 0 aliphatic carbocycles. The highest BCUT2D eigenvalue weighted by molar-refractivity contribution is 5.97. The van der Waals surface area contributed by atoms with E-state index in [1.54, 1.807) is 24.3 Å². The van der Waals surface area contributed by atoms with Crippen molar-refractivity contribution in [1.29, 1.82) is 0 Å². The molecule has 0 aliphatic heterocycles. The molecule has 0 radical (unpaired) electrons. The van der Waals surface area contributed by atoms with Crippen molar-refractivity contribution in [3.8, 4) is 0 Å². The van der Waals surface area contributed by atoms with E-state index >= 15 is 0 Å². The molecule has 0 saturated heterocycles. The zero-order valence-electron chi connectivity index (χ0n) is 19.2. The molecule has 2 aromatic rings. The quantitative estimate of drug-likeness (QED) is 0.350. The molecule has 1 heterocycles. The van der Waals surface area contributed by atoms with E-state index in [4.69, 9.17) is 16.2 Å². The molecule has 11 nitrogen and oxygen atoms in total. The lowest BCUT2D eigenvalue weighted by Crippen LogP contribution is -2.41. The summed E-state index contributed by atoms with van der Waals surface area (Å²) in [6, 6.07) is 5.72. The number of hydrogen-bond donors (Lipinski definition) is 4. The first kappa shape index (κ1) is 26.1. The summed E-state index contributed by atoms with van der Waals surface area (Å²) in [5, 5.41) is 2.58. The Kier molecular flexibility index (Phi) is 9.36. The molecule has 0 saturated carbocycles. The Hall–Kier alpha value is -4.15. The third-order valence-electron chi connectivity index (χ3n) is 5.18. The Bertz CT molecular complexity index is 1110. The van der Waals surface area contributed by atoms with E-state index in [1.807, 2.05) is 0 Å². The Balaban J connectivity index is 1.95. The van der Waals surface area contributed by atoms with Gasteiger partial charge in [0.15, 0.2) is 0 Å². The van der Waals surface area contributed by atoms with Crippen molar-refractivity contribution < 1.29 is 23.9 Å². The van der Waals surface area contributed by atoms with Crippen LogP contribution < -0.4 is 22.3 Å². The largest absolute Gasteiger partial charge is 0.469 e. The molecule has 0 bridgehead atoms. The lowest BCUT2D eigenvalue weighted by atomic mass is 9.99. The molecule has 1 amide bonds. The minimum Gasteiger partial charge on any atom is -0.469 e. The minimum atomic E-state index is -0.982. The molecule has 11 heteroatoms. The van der Waals surface area contributed by atoms with Gasteiger partial charge in [0.05, 0.1) is 19.8 Å². The summed E-state index contributed by atoms with van der Waals surface area (Å²) in [6.45, 7) is 4.06. The molecule has 0 unspecified atom stereocenters. The molecule has 182 valence electrons. The summed E-state index contributed by atoms with van der Waals surface area (Å²) in [4.78, 5) is 54.1. The van der Waals surface area contributed by atoms with Gasteiger partial charge in [0.1, 0.15) is 11.9 Å². The summed E-state index contributed by atoms with van der Waals surface area (Å²) in [5.41, 5.74) is 13.2. The fourth-order valence-electron chi connectivity index (χ4n) is 3.25. The van der Waals surface area contributed by atoms with E-state index in [0.29, 0.717) is 30.4 Å². The number of carbonyl (C=O) groups excluding carboxylic acids is 3. The molecule has 1 atom stereocenters. The van der Waals surface area contributed by atoms with Gasteiger partial charge in [-0.15, -0.1) is 0 Å². The van der Waals surface area contributed by atoms with Crippen LogP contribution >= 0.6 is 0 Å². The van der Waals surface area contributed by atoms with Crippen molar-refractivity contribution in [3.05, 3.63) is 57.9 Å². The summed E-state index contributed by atoms with van der Waals surface area (Å²) < 4.78 is 9.26. The number of amides is 1. The fourth-order valence-corrected chi connectivity index (χ4v) is 3.25. The van der Waals surface area contributed by atoms with Gasteiger partial charge in [-0.05, 0) is 49.0 Å². The number of hydrogen-bond acceptors (Lipinski definition) is 9. The fraction of sp³-hybridized carbons (Fsp3) is 0.348. The highest BCUT2D eigenvalue weighted by atomic mass is 16.5. The summed E-state index contributed by atoms with van der Waals surface area (Å²) in [5.74, 6) is -1.55. The number of allylic oxidation sites excluding steroid dienone is 1. The van der Waals surface area contributed by atoms with E-state index < -0.39 is 23.9 Å². The number of nitrogens with two attached hydrogens (primary N) is 2. The zero-order chi connectivity index (χ0) is 25.3. The summed E-state index contributed by atoms with van der Waals surface area (Å²) in [6.07, 6.45) is 1.62.